The van der Waals surface area contributed by atoms with E-state index in [0.29, 0.717) is 6.61 Å². The van der Waals surface area contributed by atoms with Crippen molar-refractivity contribution in [3.63, 3.8) is 0 Å². The Balaban J connectivity index is 0.00000180. The molecule has 0 saturated carbocycles. The second-order valence-electron chi connectivity index (χ2n) is 4.46. The third-order valence-corrected chi connectivity index (χ3v) is 3.03. The second-order valence-corrected chi connectivity index (χ2v) is 4.46. The Labute approximate surface area is 120 Å². The van der Waals surface area contributed by atoms with Crippen molar-refractivity contribution >= 4 is 18.3 Å². The molecule has 1 amide bonds. The summed E-state index contributed by atoms with van der Waals surface area (Å²) in [7, 11) is 0. The van der Waals surface area contributed by atoms with Gasteiger partial charge in [-0.25, -0.2) is 0 Å². The van der Waals surface area contributed by atoms with E-state index in [-0.39, 0.29) is 24.9 Å². The van der Waals surface area contributed by atoms with Gasteiger partial charge in [0.15, 0.2) is 0 Å². The number of nitrogens with one attached hydrogen (secondary N) is 1. The molecule has 1 aliphatic heterocycles. The molecule has 1 fully saturated rings. The zero-order valence-electron chi connectivity index (χ0n) is 11.0. The Morgan fingerprint density at radius 3 is 2.79 bits per heavy atom. The summed E-state index contributed by atoms with van der Waals surface area (Å²) < 4.78 is 5.46. The van der Waals surface area contributed by atoms with Crippen molar-refractivity contribution in [1.82, 2.24) is 10.2 Å². The summed E-state index contributed by atoms with van der Waals surface area (Å²) in [5.41, 5.74) is 1.10. The van der Waals surface area contributed by atoms with Gasteiger partial charge < -0.3 is 15.0 Å². The summed E-state index contributed by atoms with van der Waals surface area (Å²) in [6, 6.07) is 9.92. The van der Waals surface area contributed by atoms with Crippen LogP contribution in [-0.2, 0) is 16.1 Å². The van der Waals surface area contributed by atoms with Crippen LogP contribution in [-0.4, -0.2) is 43.6 Å². The number of amides is 1. The Hall–Kier alpha value is -1.10. The van der Waals surface area contributed by atoms with Gasteiger partial charge in [-0.1, -0.05) is 30.3 Å². The van der Waals surface area contributed by atoms with Crippen molar-refractivity contribution in [2.45, 2.75) is 13.0 Å². The molecule has 19 heavy (non-hydrogen) atoms. The highest BCUT2D eigenvalue weighted by Crippen LogP contribution is 2.02. The highest BCUT2D eigenvalue weighted by molar-refractivity contribution is 5.85. The monoisotopic (exact) mass is 284 g/mol. The number of rotatable bonds is 4. The molecule has 4 nitrogen and oxygen atoms in total. The Morgan fingerprint density at radius 1 is 1.21 bits per heavy atom. The second kappa shape index (κ2) is 8.91. The van der Waals surface area contributed by atoms with Crippen molar-refractivity contribution in [2.24, 2.45) is 0 Å². The molecule has 0 atom stereocenters. The SMILES string of the molecule is Cl.O=C(COCc1ccccc1)N1CCCNCC1. The summed E-state index contributed by atoms with van der Waals surface area (Å²) in [5, 5.41) is 3.28. The van der Waals surface area contributed by atoms with Crippen LogP contribution in [0.15, 0.2) is 30.3 Å². The summed E-state index contributed by atoms with van der Waals surface area (Å²) in [4.78, 5) is 13.8. The van der Waals surface area contributed by atoms with Gasteiger partial charge in [0, 0.05) is 19.6 Å². The number of ether oxygens (including phenoxy) is 1. The lowest BCUT2D eigenvalue weighted by Gasteiger charge is -2.19. The molecule has 0 bridgehead atoms. The molecule has 1 N–H and O–H groups in total. The van der Waals surface area contributed by atoms with E-state index in [9.17, 15) is 4.79 Å². The molecule has 1 aromatic rings. The van der Waals surface area contributed by atoms with E-state index < -0.39 is 0 Å². The van der Waals surface area contributed by atoms with E-state index in [4.69, 9.17) is 4.74 Å². The molecule has 0 aromatic heterocycles. The van der Waals surface area contributed by atoms with Crippen LogP contribution in [0.5, 0.6) is 0 Å². The van der Waals surface area contributed by atoms with Crippen LogP contribution in [0.25, 0.3) is 0 Å². The largest absolute Gasteiger partial charge is 0.367 e. The van der Waals surface area contributed by atoms with Crippen LogP contribution in [0.3, 0.4) is 0 Å². The minimum atomic E-state index is 0. The van der Waals surface area contributed by atoms with Gasteiger partial charge in [0.25, 0.3) is 0 Å². The standard InChI is InChI=1S/C14H20N2O2.ClH/c17-14(16-9-4-7-15-8-10-16)12-18-11-13-5-2-1-3-6-13;/h1-3,5-6,15H,4,7-12H2;1H. The van der Waals surface area contributed by atoms with Gasteiger partial charge in [-0.15, -0.1) is 12.4 Å². The van der Waals surface area contributed by atoms with Crippen LogP contribution >= 0.6 is 12.4 Å². The van der Waals surface area contributed by atoms with Crippen molar-refractivity contribution in [3.05, 3.63) is 35.9 Å². The fourth-order valence-electron chi connectivity index (χ4n) is 2.02. The molecule has 5 heteroatoms. The highest BCUT2D eigenvalue weighted by atomic mass is 35.5. The van der Waals surface area contributed by atoms with Gasteiger partial charge >= 0.3 is 0 Å². The molecule has 1 aromatic carbocycles. The van der Waals surface area contributed by atoms with Crippen LogP contribution in [0.4, 0.5) is 0 Å². The molecule has 0 spiro atoms. The van der Waals surface area contributed by atoms with E-state index in [0.717, 1.165) is 38.2 Å². The quantitative estimate of drug-likeness (QED) is 0.910. The molecule has 0 radical (unpaired) electrons. The maximum absolute atomic E-state index is 11.9. The van der Waals surface area contributed by atoms with Gasteiger partial charge in [-0.2, -0.15) is 0 Å². The first kappa shape index (κ1) is 16.0. The molecule has 2 rings (SSSR count). The first-order valence-electron chi connectivity index (χ1n) is 6.46. The van der Waals surface area contributed by atoms with E-state index in [1.807, 2.05) is 35.2 Å². The van der Waals surface area contributed by atoms with Crippen LogP contribution in [0.2, 0.25) is 0 Å². The molecule has 1 heterocycles. The number of carbonyl (C=O) groups is 1. The van der Waals surface area contributed by atoms with E-state index in [2.05, 4.69) is 5.32 Å². The zero-order chi connectivity index (χ0) is 12.6. The minimum Gasteiger partial charge on any atom is -0.367 e. The average Bonchev–Trinajstić information content (AvgIpc) is 2.69. The predicted octanol–water partition coefficient (Wildman–Crippen LogP) is 1.45. The number of carbonyl (C=O) groups excluding carboxylic acids is 1. The lowest BCUT2D eigenvalue weighted by Crippen LogP contribution is -2.36. The van der Waals surface area contributed by atoms with E-state index in [1.165, 1.54) is 0 Å². The van der Waals surface area contributed by atoms with Crippen molar-refractivity contribution < 1.29 is 9.53 Å². The topological polar surface area (TPSA) is 41.6 Å². The zero-order valence-corrected chi connectivity index (χ0v) is 11.8. The molecule has 1 saturated heterocycles. The van der Waals surface area contributed by atoms with Crippen LogP contribution < -0.4 is 5.32 Å². The first-order valence-corrected chi connectivity index (χ1v) is 6.46. The highest BCUT2D eigenvalue weighted by Gasteiger charge is 2.14. The normalized spacial score (nSPS) is 15.5. The molecule has 0 unspecified atom stereocenters. The van der Waals surface area contributed by atoms with Gasteiger partial charge in [0.2, 0.25) is 5.91 Å². The Morgan fingerprint density at radius 2 is 2.00 bits per heavy atom. The number of hydrogen-bond donors (Lipinski definition) is 1. The van der Waals surface area contributed by atoms with Crippen molar-refractivity contribution in [1.29, 1.82) is 0 Å². The van der Waals surface area contributed by atoms with Gasteiger partial charge in [-0.3, -0.25) is 4.79 Å². The summed E-state index contributed by atoms with van der Waals surface area (Å²) in [6.45, 7) is 4.17. The fraction of sp³-hybridized carbons (Fsp3) is 0.500. The predicted molar refractivity (Wildman–Crippen MR) is 77.4 cm³/mol. The minimum absolute atomic E-state index is 0. The maximum Gasteiger partial charge on any atom is 0.248 e. The lowest BCUT2D eigenvalue weighted by molar-refractivity contribution is -0.136. The number of nitrogens with zero attached hydrogens (tertiary/aromatic N) is 1. The maximum atomic E-state index is 11.9. The van der Waals surface area contributed by atoms with Gasteiger partial charge in [0.05, 0.1) is 6.61 Å². The van der Waals surface area contributed by atoms with Crippen LogP contribution in [0.1, 0.15) is 12.0 Å². The molecule has 106 valence electrons. The third kappa shape index (κ3) is 5.59. The Kier molecular flexibility index (Phi) is 7.48. The summed E-state index contributed by atoms with van der Waals surface area (Å²) >= 11 is 0. The lowest BCUT2D eigenvalue weighted by atomic mass is 10.2. The molecular formula is C14H21ClN2O2. The third-order valence-electron chi connectivity index (χ3n) is 3.03. The van der Waals surface area contributed by atoms with Gasteiger partial charge in [0.1, 0.15) is 6.61 Å². The number of halogens is 1. The number of benzene rings is 1. The van der Waals surface area contributed by atoms with E-state index in [1.54, 1.807) is 0 Å². The molecule has 1 aliphatic rings. The molecule has 0 aliphatic carbocycles. The van der Waals surface area contributed by atoms with Gasteiger partial charge in [-0.05, 0) is 18.5 Å². The van der Waals surface area contributed by atoms with E-state index >= 15 is 0 Å². The summed E-state index contributed by atoms with van der Waals surface area (Å²) in [6.07, 6.45) is 1.02. The smallest absolute Gasteiger partial charge is 0.248 e. The average molecular weight is 285 g/mol. The number of hydrogen-bond acceptors (Lipinski definition) is 3. The van der Waals surface area contributed by atoms with Crippen molar-refractivity contribution in [3.8, 4) is 0 Å². The molecular weight excluding hydrogens is 264 g/mol. The van der Waals surface area contributed by atoms with Crippen LogP contribution in [0, 0.1) is 0 Å². The first-order chi connectivity index (χ1) is 8.86. The Bertz CT molecular complexity index is 365. The van der Waals surface area contributed by atoms with Crippen molar-refractivity contribution in [2.75, 3.05) is 32.8 Å². The summed E-state index contributed by atoms with van der Waals surface area (Å²) in [5.74, 6) is 0.0923. The fourth-order valence-corrected chi connectivity index (χ4v) is 2.02.